The maximum atomic E-state index is 8.58. The molecule has 0 bridgehead atoms. The first-order valence-corrected chi connectivity index (χ1v) is 5.76. The highest BCUT2D eigenvalue weighted by molar-refractivity contribution is 5.84. The van der Waals surface area contributed by atoms with Crippen molar-refractivity contribution in [3.63, 3.8) is 0 Å². The topological polar surface area (TPSA) is 51.0 Å². The van der Waals surface area contributed by atoms with Crippen LogP contribution in [-0.4, -0.2) is 36.8 Å². The molecule has 0 aliphatic heterocycles. The Hall–Kier alpha value is -0.610. The lowest BCUT2D eigenvalue weighted by atomic mass is 9.96. The quantitative estimate of drug-likeness (QED) is 0.420. The molecule has 1 rings (SSSR count). The Morgan fingerprint density at radius 2 is 2.07 bits per heavy atom. The predicted molar refractivity (Wildman–Crippen MR) is 58.5 cm³/mol. The van der Waals surface area contributed by atoms with Crippen molar-refractivity contribution in [3.05, 3.63) is 0 Å². The van der Waals surface area contributed by atoms with Crippen LogP contribution in [-0.2, 0) is 9.47 Å². The van der Waals surface area contributed by atoms with Crippen LogP contribution in [0.5, 0.6) is 0 Å². The Balaban J connectivity index is 1.99. The lowest BCUT2D eigenvalue weighted by molar-refractivity contribution is 0.0242. The SMILES string of the molecule is CCOCCCOC1CCC(=NO)CC1. The van der Waals surface area contributed by atoms with E-state index >= 15 is 0 Å². The first-order chi connectivity index (χ1) is 7.36. The molecule has 0 heterocycles. The third-order valence-corrected chi connectivity index (χ3v) is 2.64. The largest absolute Gasteiger partial charge is 0.411 e. The van der Waals surface area contributed by atoms with Gasteiger partial charge in [0.2, 0.25) is 0 Å². The van der Waals surface area contributed by atoms with Gasteiger partial charge in [0.05, 0.1) is 11.8 Å². The summed E-state index contributed by atoms with van der Waals surface area (Å²) in [5, 5.41) is 11.8. The first-order valence-electron chi connectivity index (χ1n) is 5.76. The molecular formula is C11H21NO3. The Morgan fingerprint density at radius 3 is 2.67 bits per heavy atom. The summed E-state index contributed by atoms with van der Waals surface area (Å²) in [7, 11) is 0. The van der Waals surface area contributed by atoms with Crippen molar-refractivity contribution in [1.82, 2.24) is 0 Å². The molecule has 1 fully saturated rings. The maximum absolute atomic E-state index is 8.58. The van der Waals surface area contributed by atoms with Gasteiger partial charge in [0.25, 0.3) is 0 Å². The molecule has 0 radical (unpaired) electrons. The van der Waals surface area contributed by atoms with Crippen molar-refractivity contribution >= 4 is 5.71 Å². The van der Waals surface area contributed by atoms with Crippen LogP contribution in [0.4, 0.5) is 0 Å². The van der Waals surface area contributed by atoms with Crippen LogP contribution < -0.4 is 0 Å². The zero-order chi connectivity index (χ0) is 10.9. The van der Waals surface area contributed by atoms with E-state index in [0.717, 1.165) is 57.6 Å². The molecule has 1 saturated carbocycles. The van der Waals surface area contributed by atoms with Gasteiger partial charge in [-0.2, -0.15) is 0 Å². The molecule has 0 atom stereocenters. The molecule has 4 heteroatoms. The fourth-order valence-electron chi connectivity index (χ4n) is 1.75. The van der Waals surface area contributed by atoms with Gasteiger partial charge < -0.3 is 14.7 Å². The van der Waals surface area contributed by atoms with E-state index in [0.29, 0.717) is 6.10 Å². The van der Waals surface area contributed by atoms with Gasteiger partial charge in [-0.3, -0.25) is 0 Å². The summed E-state index contributed by atoms with van der Waals surface area (Å²) >= 11 is 0. The van der Waals surface area contributed by atoms with Crippen LogP contribution in [0.25, 0.3) is 0 Å². The highest BCUT2D eigenvalue weighted by atomic mass is 16.5. The lowest BCUT2D eigenvalue weighted by Crippen LogP contribution is -2.22. The van der Waals surface area contributed by atoms with Crippen molar-refractivity contribution in [2.45, 2.75) is 45.1 Å². The molecule has 0 spiro atoms. The van der Waals surface area contributed by atoms with E-state index in [-0.39, 0.29) is 0 Å². The Labute approximate surface area is 91.3 Å². The summed E-state index contributed by atoms with van der Waals surface area (Å²) in [5.74, 6) is 0. The van der Waals surface area contributed by atoms with Gasteiger partial charge >= 0.3 is 0 Å². The lowest BCUT2D eigenvalue weighted by Gasteiger charge is -2.22. The van der Waals surface area contributed by atoms with Gasteiger partial charge in [0, 0.05) is 19.8 Å². The Morgan fingerprint density at radius 1 is 1.33 bits per heavy atom. The minimum Gasteiger partial charge on any atom is -0.411 e. The van der Waals surface area contributed by atoms with E-state index in [4.69, 9.17) is 14.7 Å². The minimum atomic E-state index is 0.345. The fourth-order valence-corrected chi connectivity index (χ4v) is 1.75. The van der Waals surface area contributed by atoms with Crippen molar-refractivity contribution < 1.29 is 14.7 Å². The Bertz CT molecular complexity index is 184. The van der Waals surface area contributed by atoms with Crippen molar-refractivity contribution in [1.29, 1.82) is 0 Å². The number of rotatable bonds is 6. The predicted octanol–water partition coefficient (Wildman–Crippen LogP) is 2.20. The third-order valence-electron chi connectivity index (χ3n) is 2.64. The summed E-state index contributed by atoms with van der Waals surface area (Å²) in [6.45, 7) is 4.33. The van der Waals surface area contributed by atoms with Gasteiger partial charge in [0.1, 0.15) is 0 Å². The van der Waals surface area contributed by atoms with Gasteiger partial charge in [-0.1, -0.05) is 5.16 Å². The maximum Gasteiger partial charge on any atom is 0.0582 e. The first kappa shape index (κ1) is 12.5. The van der Waals surface area contributed by atoms with E-state index < -0.39 is 0 Å². The average Bonchev–Trinajstić information content (AvgIpc) is 2.30. The number of nitrogens with zero attached hydrogens (tertiary/aromatic N) is 1. The van der Waals surface area contributed by atoms with Gasteiger partial charge in [-0.05, 0) is 39.0 Å². The number of hydrogen-bond acceptors (Lipinski definition) is 4. The molecule has 4 nitrogen and oxygen atoms in total. The van der Waals surface area contributed by atoms with E-state index in [1.165, 1.54) is 0 Å². The number of oxime groups is 1. The van der Waals surface area contributed by atoms with Crippen molar-refractivity contribution in [2.75, 3.05) is 19.8 Å². The molecule has 88 valence electrons. The molecule has 0 aromatic carbocycles. The molecule has 15 heavy (non-hydrogen) atoms. The standard InChI is InChI=1S/C11H21NO3/c1-2-14-8-3-9-15-11-6-4-10(12-13)5-7-11/h11,13H,2-9H2,1H3. The van der Waals surface area contributed by atoms with Crippen LogP contribution in [0.3, 0.4) is 0 Å². The molecule has 0 saturated heterocycles. The van der Waals surface area contributed by atoms with E-state index in [9.17, 15) is 0 Å². The zero-order valence-corrected chi connectivity index (χ0v) is 9.45. The fraction of sp³-hybridized carbons (Fsp3) is 0.909. The van der Waals surface area contributed by atoms with E-state index in [1.807, 2.05) is 6.92 Å². The number of ether oxygens (including phenoxy) is 2. The van der Waals surface area contributed by atoms with Crippen LogP contribution in [0.15, 0.2) is 5.16 Å². The Kier molecular flexibility index (Phi) is 6.36. The summed E-state index contributed by atoms with van der Waals surface area (Å²) in [5.41, 5.74) is 0.907. The summed E-state index contributed by atoms with van der Waals surface area (Å²) in [6, 6.07) is 0. The van der Waals surface area contributed by atoms with Crippen LogP contribution in [0.2, 0.25) is 0 Å². The van der Waals surface area contributed by atoms with Gasteiger partial charge in [-0.15, -0.1) is 0 Å². The molecular weight excluding hydrogens is 194 g/mol. The second-order valence-corrected chi connectivity index (χ2v) is 3.79. The molecule has 0 amide bonds. The smallest absolute Gasteiger partial charge is 0.0582 e. The highest BCUT2D eigenvalue weighted by Gasteiger charge is 2.17. The summed E-state index contributed by atoms with van der Waals surface area (Å²) < 4.78 is 10.9. The molecule has 0 unspecified atom stereocenters. The molecule has 0 aromatic rings. The van der Waals surface area contributed by atoms with Crippen LogP contribution >= 0.6 is 0 Å². The van der Waals surface area contributed by atoms with E-state index in [2.05, 4.69) is 5.16 Å². The molecule has 1 aliphatic rings. The van der Waals surface area contributed by atoms with Crippen LogP contribution in [0.1, 0.15) is 39.0 Å². The highest BCUT2D eigenvalue weighted by Crippen LogP contribution is 2.18. The second-order valence-electron chi connectivity index (χ2n) is 3.79. The molecule has 1 aliphatic carbocycles. The van der Waals surface area contributed by atoms with Crippen molar-refractivity contribution in [3.8, 4) is 0 Å². The second kappa shape index (κ2) is 7.65. The van der Waals surface area contributed by atoms with E-state index in [1.54, 1.807) is 0 Å². The third kappa shape index (κ3) is 5.14. The van der Waals surface area contributed by atoms with Gasteiger partial charge in [-0.25, -0.2) is 0 Å². The number of hydrogen-bond donors (Lipinski definition) is 1. The summed E-state index contributed by atoms with van der Waals surface area (Å²) in [6.07, 6.45) is 5.00. The average molecular weight is 215 g/mol. The minimum absolute atomic E-state index is 0.345. The molecule has 1 N–H and O–H groups in total. The summed E-state index contributed by atoms with van der Waals surface area (Å²) in [4.78, 5) is 0. The normalized spacial score (nSPS) is 21.7. The van der Waals surface area contributed by atoms with Crippen molar-refractivity contribution in [2.24, 2.45) is 5.16 Å². The monoisotopic (exact) mass is 215 g/mol. The zero-order valence-electron chi connectivity index (χ0n) is 9.45. The van der Waals surface area contributed by atoms with Crippen LogP contribution in [0, 0.1) is 0 Å². The van der Waals surface area contributed by atoms with Gasteiger partial charge in [0.15, 0.2) is 0 Å². The molecule has 0 aromatic heterocycles.